The molecule has 16 atom stereocenters. The van der Waals surface area contributed by atoms with Crippen LogP contribution in [0.4, 0.5) is 0 Å². The van der Waals surface area contributed by atoms with E-state index in [9.17, 15) is 19.8 Å². The summed E-state index contributed by atoms with van der Waals surface area (Å²) in [6.45, 7) is 8.94. The van der Waals surface area contributed by atoms with Crippen LogP contribution in [0.1, 0.15) is 154 Å². The van der Waals surface area contributed by atoms with Crippen molar-refractivity contribution in [3.63, 3.8) is 0 Å². The normalized spacial score (nSPS) is 35.3. The summed E-state index contributed by atoms with van der Waals surface area (Å²) in [4.78, 5) is 32.2. The van der Waals surface area contributed by atoms with Crippen molar-refractivity contribution >= 4 is 99.6 Å². The molecule has 17 heteroatoms. The first-order valence-corrected chi connectivity index (χ1v) is 32.6. The molecule has 4 aromatic carbocycles. The fourth-order valence-electron chi connectivity index (χ4n) is 19.1. The number of benzene rings is 4. The van der Waals surface area contributed by atoms with Crippen LogP contribution in [0.3, 0.4) is 0 Å². The Morgan fingerprint density at radius 3 is 1.37 bits per heavy atom. The number of aliphatic hydroxyl groups is 2. The van der Waals surface area contributed by atoms with Gasteiger partial charge in [0, 0.05) is 101 Å². The van der Waals surface area contributed by atoms with Crippen LogP contribution < -0.4 is 0 Å². The van der Waals surface area contributed by atoms with Crippen LogP contribution in [0.2, 0.25) is 0 Å². The Balaban J connectivity index is 0.000000148. The van der Waals surface area contributed by atoms with Gasteiger partial charge in [-0.2, -0.15) is 0 Å². The second-order valence-electron chi connectivity index (χ2n) is 28.1. The Labute approximate surface area is 518 Å². The lowest BCUT2D eigenvalue weighted by atomic mass is 8.58. The number of fused-ring (bicyclic) bond motifs is 10. The summed E-state index contributed by atoms with van der Waals surface area (Å²) < 4.78 is 1.14. The molecular weight excluding hydrogens is 1070 g/mol. The van der Waals surface area contributed by atoms with Gasteiger partial charge in [-0.15, -0.1) is 0 Å². The maximum atomic E-state index is 14.1. The van der Waals surface area contributed by atoms with Crippen LogP contribution in [-0.4, -0.2) is 124 Å². The van der Waals surface area contributed by atoms with Crippen molar-refractivity contribution in [2.24, 2.45) is 81.8 Å². The number of rotatable bonds is 9. The lowest BCUT2D eigenvalue weighted by Crippen LogP contribution is -2.62. The first-order valence-electron chi connectivity index (χ1n) is 31.8. The maximum Gasteiger partial charge on any atom is 0.249 e. The molecule has 8 fully saturated rings. The second kappa shape index (κ2) is 27.2. The molecule has 83 heavy (non-hydrogen) atoms. The summed E-state index contributed by atoms with van der Waals surface area (Å²) in [6, 6.07) is 37.3. The van der Waals surface area contributed by atoms with Crippen LogP contribution in [0.5, 0.6) is 0 Å². The van der Waals surface area contributed by atoms with E-state index >= 15 is 0 Å². The van der Waals surface area contributed by atoms with Gasteiger partial charge in [0.15, 0.2) is 5.78 Å². The summed E-state index contributed by atoms with van der Waals surface area (Å²) in [6.07, 6.45) is 18.5. The predicted octanol–water partition coefficient (Wildman–Crippen LogP) is 11.9. The highest BCUT2D eigenvalue weighted by molar-refractivity contribution is 9.10. The van der Waals surface area contributed by atoms with Gasteiger partial charge in [-0.05, 0) is 228 Å². The van der Waals surface area contributed by atoms with Gasteiger partial charge in [0.2, 0.25) is 5.91 Å². The summed E-state index contributed by atoms with van der Waals surface area (Å²) in [5, 5.41) is 22.6. The van der Waals surface area contributed by atoms with Crippen molar-refractivity contribution in [1.82, 2.24) is 5.06 Å². The fraction of sp³-hybridized carbons (Fsp3) is 0.606. The maximum absolute atomic E-state index is 14.1. The van der Waals surface area contributed by atoms with Gasteiger partial charge >= 0.3 is 0 Å². The number of hydrogen-bond acceptors (Lipinski definition) is 5. The molecule has 1 amide bonds. The number of hydroxylamine groups is 2. The van der Waals surface area contributed by atoms with Crippen molar-refractivity contribution in [3.05, 3.63) is 119 Å². The number of nitrogens with zero attached hydrogens (tertiary/aromatic N) is 1. The highest BCUT2D eigenvalue weighted by atomic mass is 79.9. The van der Waals surface area contributed by atoms with E-state index in [1.165, 1.54) is 93.2 Å². The minimum atomic E-state index is -0.667. The number of carbonyl (C=O) groups is 2. The van der Waals surface area contributed by atoms with Crippen molar-refractivity contribution in [2.75, 3.05) is 14.2 Å². The first-order chi connectivity index (χ1) is 39.5. The fourth-order valence-corrected chi connectivity index (χ4v) is 19.7. The van der Waals surface area contributed by atoms with E-state index < -0.39 is 36.7 Å². The van der Waals surface area contributed by atoms with E-state index in [-0.39, 0.29) is 28.6 Å². The monoisotopic (exact) mass is 1160 g/mol. The molecule has 8 aliphatic rings. The van der Waals surface area contributed by atoms with Gasteiger partial charge in [-0.1, -0.05) is 133 Å². The zero-order valence-electron chi connectivity index (χ0n) is 50.8. The lowest BCUT2D eigenvalue weighted by Gasteiger charge is -2.56. The first kappa shape index (κ1) is 64.5. The number of halogens is 1. The van der Waals surface area contributed by atoms with Crippen molar-refractivity contribution in [2.45, 2.75) is 154 Å². The molecule has 0 aromatic heterocycles. The number of amides is 1. The third kappa shape index (κ3) is 14.0. The molecule has 422 valence electrons. The number of ketones is 1. The van der Waals surface area contributed by atoms with Crippen molar-refractivity contribution < 1.29 is 24.6 Å². The molecule has 8 saturated carbocycles. The molecule has 0 saturated heterocycles. The molecule has 0 heterocycles. The average molecular weight is 1160 g/mol. The van der Waals surface area contributed by atoms with Gasteiger partial charge < -0.3 is 10.2 Å². The minimum Gasteiger partial charge on any atom is -0.390 e. The molecule has 12 radical (unpaired) electrons. The van der Waals surface area contributed by atoms with Crippen molar-refractivity contribution in [3.8, 4) is 22.3 Å². The third-order valence-corrected chi connectivity index (χ3v) is 23.9. The molecule has 6 nitrogen and oxygen atoms in total. The zero-order chi connectivity index (χ0) is 59.6. The van der Waals surface area contributed by atoms with E-state index in [1.807, 2.05) is 44.2 Å². The standard InChI is InChI=1S/C32H40O2.C22H37NO3.C12H9Br.B10/c1-31(34)18-16-24-22(20-31)12-13-26-25(24)17-19-32(2)28(26)14-15-29(32)30(33)27-11-7-6-10-23(27)21-8-4-3-5-9-21;1-21(25)11-9-15-14(13-21)5-6-17-16(15)10-12-22(2)18(17)7-8-19(22)20(24)23(3)26-4;13-12-9-5-4-8-11(12)10-6-2-1-3-7-10;1-7(2)10(8(3)4)9(5)6/h3-11,22,24-26,28-29,34H,12-20H2,1-2H3;14-19,25H,5-13H2,1-4H3;1-9H;/t22-,24-,25+,26+,28-,29+,31+,32-;14-,15-,16+,17+,18-,19+,21+,22-;;/m00../s1. The predicted molar refractivity (Wildman–Crippen MR) is 356 cm³/mol. The van der Waals surface area contributed by atoms with E-state index in [2.05, 4.69) is 109 Å². The average Bonchev–Trinajstić information content (AvgIpc) is 3.56. The van der Waals surface area contributed by atoms with Crippen LogP contribution >= 0.6 is 15.9 Å². The summed E-state index contributed by atoms with van der Waals surface area (Å²) in [5.74, 6) is 8.50. The Hall–Kier alpha value is -2.97. The highest BCUT2D eigenvalue weighted by Gasteiger charge is 2.61. The lowest BCUT2D eigenvalue weighted by molar-refractivity contribution is -0.180. The van der Waals surface area contributed by atoms with E-state index in [4.69, 9.17) is 51.3 Å². The molecule has 12 rings (SSSR count). The molecule has 0 unspecified atom stereocenters. The van der Waals surface area contributed by atoms with Gasteiger partial charge in [-0.25, -0.2) is 5.06 Å². The highest BCUT2D eigenvalue weighted by Crippen LogP contribution is 2.67. The summed E-state index contributed by atoms with van der Waals surface area (Å²) in [7, 11) is 35.1. The molecule has 4 aromatic rings. The van der Waals surface area contributed by atoms with Gasteiger partial charge in [-0.3, -0.25) is 14.4 Å². The summed E-state index contributed by atoms with van der Waals surface area (Å²) in [5.41, 5.74) is 5.03. The van der Waals surface area contributed by atoms with E-state index in [0.717, 1.165) is 101 Å². The van der Waals surface area contributed by atoms with E-state index in [0.29, 0.717) is 23.5 Å². The second-order valence-corrected chi connectivity index (χ2v) is 29.0. The molecule has 0 aliphatic heterocycles. The van der Waals surface area contributed by atoms with Gasteiger partial charge in [0.1, 0.15) is 0 Å². The van der Waals surface area contributed by atoms with Crippen LogP contribution in [0, 0.1) is 81.8 Å². The quantitative estimate of drug-likeness (QED) is 0.0991. The van der Waals surface area contributed by atoms with Crippen molar-refractivity contribution in [1.29, 1.82) is 0 Å². The number of Topliss-reactive ketones (excluding diaryl/α,β-unsaturated/α-hetero) is 1. The molecule has 0 spiro atoms. The third-order valence-electron chi connectivity index (χ3n) is 23.2. The molecular formula is C66H86B10BrNO5. The Bertz CT molecular complexity index is 2780. The summed E-state index contributed by atoms with van der Waals surface area (Å²) >= 11 is 3.53. The van der Waals surface area contributed by atoms with Crippen LogP contribution in [0.25, 0.3) is 22.3 Å². The number of carbonyl (C=O) groups excluding carboxylic acids is 2. The molecule has 2 N–H and O–H groups in total. The van der Waals surface area contributed by atoms with E-state index in [1.54, 1.807) is 14.2 Å². The van der Waals surface area contributed by atoms with Crippen LogP contribution in [0.15, 0.2) is 114 Å². The molecule has 8 aliphatic carbocycles. The van der Waals surface area contributed by atoms with Gasteiger partial charge in [0.05, 0.1) is 18.3 Å². The zero-order valence-corrected chi connectivity index (χ0v) is 52.4. The Morgan fingerprint density at radius 1 is 0.506 bits per heavy atom. The van der Waals surface area contributed by atoms with Crippen LogP contribution in [-0.2, 0) is 9.63 Å². The SMILES string of the molecule is Brc1ccccc1-c1ccccc1.CON(C)C(=O)[C@H]1CC[C@H]2[C@@H]3CC[C@H]4C[C@](C)(O)CC[C@@H]4[C@H]3CC[C@]12C.C[C@@]1(O)CC[C@H]2[C@@H](CC[C@@H]3[C@@H]2CC[C@]2(C)[C@@H](C(=O)c4ccccc4-c4ccccc4)CC[C@@H]32)C1.[B]B([B])B(B([B])[B])B([B])[B]. The topological polar surface area (TPSA) is 87.1 Å². The number of hydrogen-bond donors (Lipinski definition) is 2. The Kier molecular flexibility index (Phi) is 21.1. The largest absolute Gasteiger partial charge is 0.390 e. The minimum absolute atomic E-state index is 0.128. The molecule has 0 bridgehead atoms. The van der Waals surface area contributed by atoms with Gasteiger partial charge in [0.25, 0.3) is 0 Å². The Morgan fingerprint density at radius 2 is 0.916 bits per heavy atom. The smallest absolute Gasteiger partial charge is 0.249 e.